The van der Waals surface area contributed by atoms with E-state index >= 15 is 0 Å². The summed E-state index contributed by atoms with van der Waals surface area (Å²) in [6.07, 6.45) is 3.75. The van der Waals surface area contributed by atoms with E-state index in [-0.39, 0.29) is 17.7 Å². The summed E-state index contributed by atoms with van der Waals surface area (Å²) in [5.41, 5.74) is 6.21. The Bertz CT molecular complexity index is 706. The normalized spacial score (nSPS) is 19.3. The Hall–Kier alpha value is -2.40. The van der Waals surface area contributed by atoms with Gasteiger partial charge in [-0.15, -0.1) is 0 Å². The molecule has 2 atom stereocenters. The molecule has 2 N–H and O–H groups in total. The van der Waals surface area contributed by atoms with Gasteiger partial charge in [0.25, 0.3) is 5.91 Å². The fourth-order valence-corrected chi connectivity index (χ4v) is 2.66. The summed E-state index contributed by atoms with van der Waals surface area (Å²) in [6.45, 7) is 0. The highest BCUT2D eigenvalue weighted by Gasteiger charge is 2.44. The number of halogens is 1. The van der Waals surface area contributed by atoms with Crippen molar-refractivity contribution in [1.82, 2.24) is 15.8 Å². The molecular formula is C16H14ClN3O2. The highest BCUT2D eigenvalue weighted by atomic mass is 35.5. The minimum atomic E-state index is -0.392. The van der Waals surface area contributed by atoms with Crippen LogP contribution in [0.3, 0.4) is 0 Å². The smallest absolute Gasteiger partial charge is 0.271 e. The molecule has 1 aromatic heterocycles. The van der Waals surface area contributed by atoms with Crippen molar-refractivity contribution in [2.24, 2.45) is 5.92 Å². The molecule has 2 amide bonds. The van der Waals surface area contributed by atoms with Gasteiger partial charge in [-0.3, -0.25) is 25.4 Å². The van der Waals surface area contributed by atoms with E-state index in [0.717, 1.165) is 12.0 Å². The maximum Gasteiger partial charge on any atom is 0.271 e. The summed E-state index contributed by atoms with van der Waals surface area (Å²) < 4.78 is 0. The number of nitrogens with zero attached hydrogens (tertiary/aromatic N) is 1. The first-order chi connectivity index (χ1) is 10.7. The third-order valence-corrected chi connectivity index (χ3v) is 4.00. The number of amides is 2. The van der Waals surface area contributed by atoms with Gasteiger partial charge in [0.05, 0.1) is 5.56 Å². The predicted octanol–water partition coefficient (Wildman–Crippen LogP) is 2.30. The standard InChI is InChI=1S/C16H14ClN3O2/c17-14-6-2-1-5-11(14)12-8-13(12)16(22)20-19-15(21)10-4-3-7-18-9-10/h1-7,9,12-13H,8H2,(H,19,21)(H,20,22). The molecule has 112 valence electrons. The molecule has 5 nitrogen and oxygen atoms in total. The maximum absolute atomic E-state index is 12.1. The first kappa shape index (κ1) is 14.5. The lowest BCUT2D eigenvalue weighted by atomic mass is 10.1. The molecule has 1 aliphatic carbocycles. The number of hydrogen-bond acceptors (Lipinski definition) is 3. The molecular weight excluding hydrogens is 302 g/mol. The first-order valence-corrected chi connectivity index (χ1v) is 7.29. The van der Waals surface area contributed by atoms with Crippen LogP contribution >= 0.6 is 11.6 Å². The van der Waals surface area contributed by atoms with Gasteiger partial charge in [0.15, 0.2) is 0 Å². The molecule has 0 saturated heterocycles. The van der Waals surface area contributed by atoms with Crippen LogP contribution in [0.15, 0.2) is 48.8 Å². The average molecular weight is 316 g/mol. The fourth-order valence-electron chi connectivity index (χ4n) is 2.38. The van der Waals surface area contributed by atoms with Crippen LogP contribution in [0.4, 0.5) is 0 Å². The van der Waals surface area contributed by atoms with Gasteiger partial charge in [0.1, 0.15) is 0 Å². The van der Waals surface area contributed by atoms with E-state index in [4.69, 9.17) is 11.6 Å². The van der Waals surface area contributed by atoms with E-state index < -0.39 is 5.91 Å². The molecule has 2 aromatic rings. The summed E-state index contributed by atoms with van der Waals surface area (Å²) in [7, 11) is 0. The lowest BCUT2D eigenvalue weighted by molar-refractivity contribution is -0.123. The summed E-state index contributed by atoms with van der Waals surface area (Å²) in [5.74, 6) is -0.642. The second-order valence-corrected chi connectivity index (χ2v) is 5.56. The predicted molar refractivity (Wildman–Crippen MR) is 82.1 cm³/mol. The lowest BCUT2D eigenvalue weighted by Gasteiger charge is -2.07. The van der Waals surface area contributed by atoms with Crippen LogP contribution in [-0.4, -0.2) is 16.8 Å². The molecule has 0 spiro atoms. The number of benzene rings is 1. The Balaban J connectivity index is 1.54. The van der Waals surface area contributed by atoms with Crippen molar-refractivity contribution < 1.29 is 9.59 Å². The summed E-state index contributed by atoms with van der Waals surface area (Å²) >= 11 is 6.13. The molecule has 1 heterocycles. The first-order valence-electron chi connectivity index (χ1n) is 6.91. The number of hydrogen-bond donors (Lipinski definition) is 2. The third kappa shape index (κ3) is 3.09. The minimum Gasteiger partial charge on any atom is -0.273 e. The summed E-state index contributed by atoms with van der Waals surface area (Å²) in [4.78, 5) is 27.7. The SMILES string of the molecule is O=C(NNC(=O)C1CC1c1ccccc1Cl)c1cccnc1. The van der Waals surface area contributed by atoms with Crippen LogP contribution in [0.1, 0.15) is 28.3 Å². The van der Waals surface area contributed by atoms with Crippen molar-refractivity contribution in [3.63, 3.8) is 0 Å². The molecule has 3 rings (SSSR count). The second-order valence-electron chi connectivity index (χ2n) is 5.16. The van der Waals surface area contributed by atoms with Crippen LogP contribution in [0.5, 0.6) is 0 Å². The fraction of sp³-hybridized carbons (Fsp3) is 0.188. The zero-order chi connectivity index (χ0) is 15.5. The van der Waals surface area contributed by atoms with Gasteiger partial charge < -0.3 is 0 Å². The molecule has 1 saturated carbocycles. The highest BCUT2D eigenvalue weighted by Crippen LogP contribution is 2.49. The summed E-state index contributed by atoms with van der Waals surface area (Å²) in [5, 5.41) is 0.669. The van der Waals surface area contributed by atoms with Crippen molar-refractivity contribution in [2.45, 2.75) is 12.3 Å². The average Bonchev–Trinajstić information content (AvgIpc) is 3.34. The molecule has 0 bridgehead atoms. The zero-order valence-electron chi connectivity index (χ0n) is 11.6. The second kappa shape index (κ2) is 6.15. The van der Waals surface area contributed by atoms with Crippen LogP contribution in [-0.2, 0) is 4.79 Å². The van der Waals surface area contributed by atoms with Crippen LogP contribution in [0, 0.1) is 5.92 Å². The maximum atomic E-state index is 12.1. The number of carbonyl (C=O) groups is 2. The number of carbonyl (C=O) groups excluding carboxylic acids is 2. The van der Waals surface area contributed by atoms with E-state index in [9.17, 15) is 9.59 Å². The van der Waals surface area contributed by atoms with Gasteiger partial charge in [-0.2, -0.15) is 0 Å². The van der Waals surface area contributed by atoms with Gasteiger partial charge in [0, 0.05) is 23.3 Å². The van der Waals surface area contributed by atoms with E-state index in [1.807, 2.05) is 24.3 Å². The largest absolute Gasteiger partial charge is 0.273 e. The monoisotopic (exact) mass is 315 g/mol. The molecule has 2 unspecified atom stereocenters. The molecule has 6 heteroatoms. The Kier molecular flexibility index (Phi) is 4.06. The lowest BCUT2D eigenvalue weighted by Crippen LogP contribution is -2.42. The van der Waals surface area contributed by atoms with Gasteiger partial charge in [0.2, 0.25) is 5.91 Å². The summed E-state index contributed by atoms with van der Waals surface area (Å²) in [6, 6.07) is 10.8. The Morgan fingerprint density at radius 2 is 1.95 bits per heavy atom. The topological polar surface area (TPSA) is 71.1 Å². The zero-order valence-corrected chi connectivity index (χ0v) is 12.4. The van der Waals surface area contributed by atoms with Crippen molar-refractivity contribution in [3.8, 4) is 0 Å². The Labute approximate surface area is 132 Å². The number of hydrazine groups is 1. The van der Waals surface area contributed by atoms with Crippen LogP contribution < -0.4 is 10.9 Å². The van der Waals surface area contributed by atoms with E-state index in [2.05, 4.69) is 15.8 Å². The number of aromatic nitrogens is 1. The number of rotatable bonds is 3. The van der Waals surface area contributed by atoms with Crippen molar-refractivity contribution in [3.05, 3.63) is 64.9 Å². The van der Waals surface area contributed by atoms with Crippen LogP contribution in [0.25, 0.3) is 0 Å². The third-order valence-electron chi connectivity index (χ3n) is 3.65. The Morgan fingerprint density at radius 3 is 2.68 bits per heavy atom. The number of pyridine rings is 1. The van der Waals surface area contributed by atoms with Gasteiger partial charge in [-0.1, -0.05) is 29.8 Å². The molecule has 1 aliphatic rings. The minimum absolute atomic E-state index is 0.115. The molecule has 22 heavy (non-hydrogen) atoms. The van der Waals surface area contributed by atoms with E-state index in [1.54, 1.807) is 18.3 Å². The highest BCUT2D eigenvalue weighted by molar-refractivity contribution is 6.31. The quantitative estimate of drug-likeness (QED) is 0.854. The van der Waals surface area contributed by atoms with Crippen LogP contribution in [0.2, 0.25) is 5.02 Å². The number of nitrogens with one attached hydrogen (secondary N) is 2. The molecule has 1 fully saturated rings. The molecule has 0 aliphatic heterocycles. The van der Waals surface area contributed by atoms with Crippen molar-refractivity contribution >= 4 is 23.4 Å². The van der Waals surface area contributed by atoms with E-state index in [0.29, 0.717) is 10.6 Å². The van der Waals surface area contributed by atoms with Crippen molar-refractivity contribution in [2.75, 3.05) is 0 Å². The molecule has 0 radical (unpaired) electrons. The van der Waals surface area contributed by atoms with E-state index in [1.165, 1.54) is 6.20 Å². The van der Waals surface area contributed by atoms with Crippen molar-refractivity contribution in [1.29, 1.82) is 0 Å². The Morgan fingerprint density at radius 1 is 1.14 bits per heavy atom. The van der Waals surface area contributed by atoms with Gasteiger partial charge >= 0.3 is 0 Å². The molecule has 1 aromatic carbocycles. The van der Waals surface area contributed by atoms with Gasteiger partial charge in [-0.05, 0) is 36.1 Å². The van der Waals surface area contributed by atoms with Gasteiger partial charge in [-0.25, -0.2) is 0 Å².